The molecule has 0 saturated carbocycles. The Labute approximate surface area is 163 Å². The van der Waals surface area contributed by atoms with E-state index in [0.717, 1.165) is 10.8 Å². The summed E-state index contributed by atoms with van der Waals surface area (Å²) in [6, 6.07) is 4.74. The van der Waals surface area contributed by atoms with Gasteiger partial charge in [0.05, 0.1) is 13.2 Å². The van der Waals surface area contributed by atoms with Gasteiger partial charge in [-0.3, -0.25) is 14.4 Å². The molecule has 0 spiro atoms. The molecule has 1 saturated heterocycles. The van der Waals surface area contributed by atoms with Crippen LogP contribution in [0.25, 0.3) is 0 Å². The summed E-state index contributed by atoms with van der Waals surface area (Å²) in [6.45, 7) is 0.607. The number of pyridine rings is 1. The number of aliphatic hydroxyl groups is 1. The van der Waals surface area contributed by atoms with Gasteiger partial charge in [-0.15, -0.1) is 0 Å². The van der Waals surface area contributed by atoms with E-state index in [1.165, 1.54) is 29.2 Å². The monoisotopic (exact) mass is 403 g/mol. The summed E-state index contributed by atoms with van der Waals surface area (Å²) in [6.07, 6.45) is -0.232. The van der Waals surface area contributed by atoms with Crippen LogP contribution < -0.4 is 10.7 Å². The number of halogens is 1. The SMILES string of the molecule is O=C(NCc1ccc(F)cc1)c1cn2c(c(O)c1=O)C(=O)N1CCOCC1C2O. The second-order valence-corrected chi connectivity index (χ2v) is 6.84. The van der Waals surface area contributed by atoms with Crippen molar-refractivity contribution >= 4 is 11.8 Å². The number of hydrogen-bond donors (Lipinski definition) is 3. The minimum atomic E-state index is -1.29. The Morgan fingerprint density at radius 2 is 2.00 bits per heavy atom. The molecule has 0 aliphatic carbocycles. The first-order valence-corrected chi connectivity index (χ1v) is 8.96. The van der Waals surface area contributed by atoms with Crippen LogP contribution in [0.2, 0.25) is 0 Å². The molecular formula is C19H18FN3O6. The molecule has 2 unspecified atom stereocenters. The van der Waals surface area contributed by atoms with Crippen LogP contribution in [-0.4, -0.2) is 57.3 Å². The number of benzene rings is 1. The van der Waals surface area contributed by atoms with Gasteiger partial charge >= 0.3 is 0 Å². The molecular weight excluding hydrogens is 385 g/mol. The predicted molar refractivity (Wildman–Crippen MR) is 96.8 cm³/mol. The molecule has 0 radical (unpaired) electrons. The van der Waals surface area contributed by atoms with Crippen molar-refractivity contribution in [2.75, 3.05) is 19.8 Å². The maximum Gasteiger partial charge on any atom is 0.275 e. The molecule has 2 aromatic rings. The molecule has 9 nitrogen and oxygen atoms in total. The average Bonchev–Trinajstić information content (AvgIpc) is 2.73. The molecule has 10 heteroatoms. The number of aromatic nitrogens is 1. The van der Waals surface area contributed by atoms with E-state index in [0.29, 0.717) is 5.56 Å². The smallest absolute Gasteiger partial charge is 0.275 e. The van der Waals surface area contributed by atoms with Gasteiger partial charge in [-0.25, -0.2) is 4.39 Å². The van der Waals surface area contributed by atoms with Gasteiger partial charge in [-0.2, -0.15) is 0 Å². The van der Waals surface area contributed by atoms with Crippen LogP contribution in [0.15, 0.2) is 35.3 Å². The highest BCUT2D eigenvalue weighted by Crippen LogP contribution is 2.30. The lowest BCUT2D eigenvalue weighted by atomic mass is 10.1. The van der Waals surface area contributed by atoms with Gasteiger partial charge < -0.3 is 29.7 Å². The quantitative estimate of drug-likeness (QED) is 0.662. The van der Waals surface area contributed by atoms with Gasteiger partial charge in [-0.1, -0.05) is 12.1 Å². The van der Waals surface area contributed by atoms with E-state index in [2.05, 4.69) is 5.32 Å². The van der Waals surface area contributed by atoms with Crippen LogP contribution in [0.4, 0.5) is 4.39 Å². The minimum absolute atomic E-state index is 0.0206. The number of aliphatic hydroxyl groups excluding tert-OH is 1. The third-order valence-electron chi connectivity index (χ3n) is 5.08. The van der Waals surface area contributed by atoms with Crippen LogP contribution in [0.1, 0.15) is 32.6 Å². The maximum absolute atomic E-state index is 13.0. The molecule has 29 heavy (non-hydrogen) atoms. The summed E-state index contributed by atoms with van der Waals surface area (Å²) in [5.74, 6) is -2.73. The molecule has 152 valence electrons. The van der Waals surface area contributed by atoms with Crippen molar-refractivity contribution in [3.8, 4) is 5.75 Å². The van der Waals surface area contributed by atoms with Crippen molar-refractivity contribution in [2.24, 2.45) is 0 Å². The lowest BCUT2D eigenvalue weighted by Crippen LogP contribution is -2.57. The number of nitrogens with one attached hydrogen (secondary N) is 1. The highest BCUT2D eigenvalue weighted by Gasteiger charge is 2.43. The maximum atomic E-state index is 13.0. The largest absolute Gasteiger partial charge is 0.503 e. The van der Waals surface area contributed by atoms with Crippen molar-refractivity contribution in [3.63, 3.8) is 0 Å². The zero-order chi connectivity index (χ0) is 20.7. The Morgan fingerprint density at radius 3 is 2.72 bits per heavy atom. The van der Waals surface area contributed by atoms with E-state index in [4.69, 9.17) is 4.74 Å². The van der Waals surface area contributed by atoms with Crippen LogP contribution in [0.3, 0.4) is 0 Å². The molecule has 3 heterocycles. The second kappa shape index (κ2) is 7.30. The fourth-order valence-electron chi connectivity index (χ4n) is 3.52. The standard InChI is InChI=1S/C19H18FN3O6/c20-11-3-1-10(2-4-11)7-21-17(26)12-8-23-14(16(25)15(12)24)19(28)22-5-6-29-9-13(22)18(23)27/h1-4,8,13,18,25,27H,5-7,9H2,(H,21,26). The van der Waals surface area contributed by atoms with Gasteiger partial charge in [0, 0.05) is 19.3 Å². The molecule has 0 bridgehead atoms. The number of nitrogens with zero attached hydrogens (tertiary/aromatic N) is 2. The van der Waals surface area contributed by atoms with E-state index >= 15 is 0 Å². The van der Waals surface area contributed by atoms with Gasteiger partial charge in [0.15, 0.2) is 17.7 Å². The first kappa shape index (κ1) is 19.1. The van der Waals surface area contributed by atoms with E-state index in [1.54, 1.807) is 0 Å². The van der Waals surface area contributed by atoms with Crippen molar-refractivity contribution in [1.29, 1.82) is 0 Å². The normalized spacial score (nSPS) is 20.8. The number of morpholine rings is 1. The number of carbonyl (C=O) groups excluding carboxylic acids is 2. The number of rotatable bonds is 3. The number of aromatic hydroxyl groups is 1. The fraction of sp³-hybridized carbons (Fsp3) is 0.316. The first-order chi connectivity index (χ1) is 13.9. The van der Waals surface area contributed by atoms with Crippen molar-refractivity contribution in [1.82, 2.24) is 14.8 Å². The number of ether oxygens (including phenoxy) is 1. The van der Waals surface area contributed by atoms with Crippen molar-refractivity contribution in [2.45, 2.75) is 18.8 Å². The topological polar surface area (TPSA) is 121 Å². The van der Waals surface area contributed by atoms with E-state index in [9.17, 15) is 29.0 Å². The molecule has 2 atom stereocenters. The molecule has 2 amide bonds. The van der Waals surface area contributed by atoms with Gasteiger partial charge in [-0.05, 0) is 17.7 Å². The van der Waals surface area contributed by atoms with Gasteiger partial charge in [0.1, 0.15) is 17.4 Å². The summed E-state index contributed by atoms with van der Waals surface area (Å²) in [5.41, 5.74) is -1.20. The second-order valence-electron chi connectivity index (χ2n) is 6.84. The zero-order valence-electron chi connectivity index (χ0n) is 15.2. The van der Waals surface area contributed by atoms with Crippen molar-refractivity contribution < 1.29 is 28.9 Å². The van der Waals surface area contributed by atoms with Gasteiger partial charge in [0.25, 0.3) is 11.8 Å². The summed E-state index contributed by atoms with van der Waals surface area (Å²) in [7, 11) is 0. The Bertz CT molecular complexity index is 1040. The summed E-state index contributed by atoms with van der Waals surface area (Å²) < 4.78 is 19.3. The number of hydrogen-bond acceptors (Lipinski definition) is 6. The third kappa shape index (κ3) is 3.26. The van der Waals surface area contributed by atoms with Crippen LogP contribution in [0, 0.1) is 5.82 Å². The fourth-order valence-corrected chi connectivity index (χ4v) is 3.52. The molecule has 1 aromatic heterocycles. The van der Waals surface area contributed by atoms with E-state index < -0.39 is 46.6 Å². The number of carbonyl (C=O) groups is 2. The lowest BCUT2D eigenvalue weighted by Gasteiger charge is -2.43. The Hall–Kier alpha value is -3.24. The molecule has 1 aromatic carbocycles. The predicted octanol–water partition coefficient (Wildman–Crippen LogP) is -0.0315. The highest BCUT2D eigenvalue weighted by molar-refractivity contribution is 5.99. The molecule has 2 aliphatic heterocycles. The molecule has 2 aliphatic rings. The summed E-state index contributed by atoms with van der Waals surface area (Å²) >= 11 is 0. The first-order valence-electron chi connectivity index (χ1n) is 8.96. The Morgan fingerprint density at radius 1 is 1.28 bits per heavy atom. The van der Waals surface area contributed by atoms with Gasteiger partial charge in [0.2, 0.25) is 5.43 Å². The van der Waals surface area contributed by atoms with E-state index in [-0.39, 0.29) is 32.0 Å². The number of fused-ring (bicyclic) bond motifs is 2. The average molecular weight is 403 g/mol. The summed E-state index contributed by atoms with van der Waals surface area (Å²) in [4.78, 5) is 39.0. The number of amides is 2. The minimum Gasteiger partial charge on any atom is -0.503 e. The van der Waals surface area contributed by atoms with Crippen LogP contribution in [-0.2, 0) is 11.3 Å². The third-order valence-corrected chi connectivity index (χ3v) is 5.08. The van der Waals surface area contributed by atoms with E-state index in [1.807, 2.05) is 0 Å². The van der Waals surface area contributed by atoms with Crippen LogP contribution in [0.5, 0.6) is 5.75 Å². The molecule has 4 rings (SSSR count). The molecule has 1 fully saturated rings. The lowest BCUT2D eigenvalue weighted by molar-refractivity contribution is -0.0814. The Balaban J connectivity index is 1.66. The Kier molecular flexibility index (Phi) is 4.81. The zero-order valence-corrected chi connectivity index (χ0v) is 15.2. The van der Waals surface area contributed by atoms with Crippen molar-refractivity contribution in [3.05, 3.63) is 63.3 Å². The highest BCUT2D eigenvalue weighted by atomic mass is 19.1. The van der Waals surface area contributed by atoms with Crippen LogP contribution >= 0.6 is 0 Å². The summed E-state index contributed by atoms with van der Waals surface area (Å²) in [5, 5.41) is 23.5. The molecule has 3 N–H and O–H groups in total.